The third-order valence-electron chi connectivity index (χ3n) is 4.79. The third-order valence-corrected chi connectivity index (χ3v) is 4.79. The third kappa shape index (κ3) is 4.49. The van der Waals surface area contributed by atoms with Gasteiger partial charge in [0, 0.05) is 13.1 Å². The molecule has 1 aromatic heterocycles. The van der Waals surface area contributed by atoms with Gasteiger partial charge >= 0.3 is 5.97 Å². The summed E-state index contributed by atoms with van der Waals surface area (Å²) < 4.78 is 28.9. The molecule has 28 heavy (non-hydrogen) atoms. The number of carbonyl (C=O) groups excluding carboxylic acids is 2. The van der Waals surface area contributed by atoms with E-state index in [1.54, 1.807) is 18.7 Å². The van der Waals surface area contributed by atoms with E-state index in [1.165, 1.54) is 24.3 Å². The summed E-state index contributed by atoms with van der Waals surface area (Å²) in [6.07, 6.45) is 1.12. The van der Waals surface area contributed by atoms with Gasteiger partial charge in [0.15, 0.2) is 5.69 Å². The summed E-state index contributed by atoms with van der Waals surface area (Å²) in [6, 6.07) is 5.63. The standard InChI is InChI=1S/C20H23FN2O5/c1-3-26-20(25)14-8-10-23(11-9-14)19(24)18-17(13(2)28-22-18)12-27-16-6-4-15(21)5-7-16/h4-7,14H,3,8-12H2,1-2H3. The number of piperidine rings is 1. The Bertz CT molecular complexity index is 826. The minimum absolute atomic E-state index is 0.0847. The molecule has 0 aliphatic carbocycles. The molecule has 1 aliphatic rings. The average molecular weight is 390 g/mol. The molecule has 1 saturated heterocycles. The lowest BCUT2D eigenvalue weighted by molar-refractivity contribution is -0.149. The molecule has 8 heteroatoms. The van der Waals surface area contributed by atoms with Gasteiger partial charge < -0.3 is 18.9 Å². The smallest absolute Gasteiger partial charge is 0.309 e. The van der Waals surface area contributed by atoms with E-state index in [1.807, 2.05) is 0 Å². The maximum atomic E-state index is 13.0. The van der Waals surface area contributed by atoms with E-state index in [9.17, 15) is 14.0 Å². The predicted molar refractivity (Wildman–Crippen MR) is 97.2 cm³/mol. The molecule has 0 bridgehead atoms. The van der Waals surface area contributed by atoms with Crippen LogP contribution in [0.4, 0.5) is 4.39 Å². The van der Waals surface area contributed by atoms with Crippen molar-refractivity contribution in [1.29, 1.82) is 0 Å². The van der Waals surface area contributed by atoms with Crippen LogP contribution in [-0.2, 0) is 16.1 Å². The van der Waals surface area contributed by atoms with Crippen molar-refractivity contribution in [2.75, 3.05) is 19.7 Å². The minimum atomic E-state index is -0.351. The highest BCUT2D eigenvalue weighted by atomic mass is 19.1. The van der Waals surface area contributed by atoms with E-state index in [4.69, 9.17) is 14.0 Å². The average Bonchev–Trinajstić information content (AvgIpc) is 3.08. The van der Waals surface area contributed by atoms with E-state index in [0.717, 1.165) is 0 Å². The van der Waals surface area contributed by atoms with E-state index >= 15 is 0 Å². The number of ether oxygens (including phenoxy) is 2. The van der Waals surface area contributed by atoms with Crippen LogP contribution in [0.1, 0.15) is 41.6 Å². The van der Waals surface area contributed by atoms with E-state index in [2.05, 4.69) is 5.16 Å². The second kappa shape index (κ2) is 8.86. The lowest BCUT2D eigenvalue weighted by atomic mass is 9.96. The second-order valence-electron chi connectivity index (χ2n) is 6.63. The topological polar surface area (TPSA) is 81.9 Å². The lowest BCUT2D eigenvalue weighted by Gasteiger charge is -2.30. The Morgan fingerprint density at radius 2 is 1.93 bits per heavy atom. The molecule has 0 N–H and O–H groups in total. The number of amides is 1. The zero-order valence-electron chi connectivity index (χ0n) is 15.9. The molecule has 1 amide bonds. The maximum absolute atomic E-state index is 13.0. The highest BCUT2D eigenvalue weighted by Crippen LogP contribution is 2.23. The fourth-order valence-corrected chi connectivity index (χ4v) is 3.14. The van der Waals surface area contributed by atoms with Crippen LogP contribution in [0.2, 0.25) is 0 Å². The van der Waals surface area contributed by atoms with Gasteiger partial charge in [-0.25, -0.2) is 4.39 Å². The van der Waals surface area contributed by atoms with Crippen LogP contribution in [-0.4, -0.2) is 41.6 Å². The molecule has 0 spiro atoms. The second-order valence-corrected chi connectivity index (χ2v) is 6.63. The summed E-state index contributed by atoms with van der Waals surface area (Å²) >= 11 is 0. The van der Waals surface area contributed by atoms with Crippen molar-refractivity contribution in [1.82, 2.24) is 10.1 Å². The summed E-state index contributed by atoms with van der Waals surface area (Å²) in [5, 5.41) is 3.90. The van der Waals surface area contributed by atoms with E-state index in [0.29, 0.717) is 49.6 Å². The van der Waals surface area contributed by atoms with Gasteiger partial charge in [0.1, 0.15) is 23.9 Å². The first-order chi connectivity index (χ1) is 13.5. The normalized spacial score (nSPS) is 14.8. The van der Waals surface area contributed by atoms with Crippen LogP contribution in [0.5, 0.6) is 5.75 Å². The molecular weight excluding hydrogens is 367 g/mol. The van der Waals surface area contributed by atoms with E-state index < -0.39 is 0 Å². The molecule has 0 radical (unpaired) electrons. The van der Waals surface area contributed by atoms with Crippen LogP contribution < -0.4 is 4.74 Å². The van der Waals surface area contributed by atoms with Crippen LogP contribution >= 0.6 is 0 Å². The van der Waals surface area contributed by atoms with Crippen molar-refractivity contribution >= 4 is 11.9 Å². The number of carbonyl (C=O) groups is 2. The first-order valence-electron chi connectivity index (χ1n) is 9.29. The van der Waals surface area contributed by atoms with Crippen LogP contribution in [0, 0.1) is 18.7 Å². The Morgan fingerprint density at radius 1 is 1.25 bits per heavy atom. The number of hydrogen-bond acceptors (Lipinski definition) is 6. The Morgan fingerprint density at radius 3 is 2.57 bits per heavy atom. The van der Waals surface area contributed by atoms with Crippen molar-refractivity contribution in [3.8, 4) is 5.75 Å². The molecule has 150 valence electrons. The molecule has 1 aromatic carbocycles. The van der Waals surface area contributed by atoms with Gasteiger partial charge in [0.2, 0.25) is 0 Å². The first kappa shape index (κ1) is 19.9. The Labute approximate surface area is 162 Å². The van der Waals surface area contributed by atoms with Crippen molar-refractivity contribution in [2.45, 2.75) is 33.3 Å². The van der Waals surface area contributed by atoms with Crippen LogP contribution in [0.15, 0.2) is 28.8 Å². The van der Waals surface area contributed by atoms with Gasteiger partial charge in [-0.05, 0) is 51.0 Å². The lowest BCUT2D eigenvalue weighted by Crippen LogP contribution is -2.41. The number of esters is 1. The van der Waals surface area contributed by atoms with Crippen molar-refractivity contribution in [3.63, 3.8) is 0 Å². The Hall–Kier alpha value is -2.90. The van der Waals surface area contributed by atoms with Crippen LogP contribution in [0.25, 0.3) is 0 Å². The Balaban J connectivity index is 1.63. The fourth-order valence-electron chi connectivity index (χ4n) is 3.14. The largest absolute Gasteiger partial charge is 0.489 e. The molecule has 0 atom stereocenters. The molecule has 2 heterocycles. The summed E-state index contributed by atoms with van der Waals surface area (Å²) in [5.74, 6) is -0.0143. The number of aromatic nitrogens is 1. The van der Waals surface area contributed by atoms with Gasteiger partial charge in [0.05, 0.1) is 18.1 Å². The first-order valence-corrected chi connectivity index (χ1v) is 9.29. The fraction of sp³-hybridized carbons (Fsp3) is 0.450. The summed E-state index contributed by atoms with van der Waals surface area (Å²) in [5.41, 5.74) is 0.760. The Kier molecular flexibility index (Phi) is 6.28. The van der Waals surface area contributed by atoms with Crippen LogP contribution in [0.3, 0.4) is 0 Å². The van der Waals surface area contributed by atoms with Gasteiger partial charge in [-0.1, -0.05) is 5.16 Å². The van der Waals surface area contributed by atoms with Gasteiger partial charge in [0.25, 0.3) is 5.91 Å². The number of benzene rings is 1. The number of likely N-dealkylation sites (tertiary alicyclic amines) is 1. The zero-order valence-corrected chi connectivity index (χ0v) is 15.9. The molecule has 0 unspecified atom stereocenters. The summed E-state index contributed by atoms with van der Waals surface area (Å²) in [4.78, 5) is 26.4. The molecule has 3 rings (SSSR count). The van der Waals surface area contributed by atoms with E-state index in [-0.39, 0.29) is 35.9 Å². The SMILES string of the molecule is CCOC(=O)C1CCN(C(=O)c2noc(C)c2COc2ccc(F)cc2)CC1. The quantitative estimate of drug-likeness (QED) is 0.705. The molecule has 2 aromatic rings. The molecular formula is C20H23FN2O5. The van der Waals surface area contributed by atoms with Gasteiger partial charge in [-0.15, -0.1) is 0 Å². The maximum Gasteiger partial charge on any atom is 0.309 e. The molecule has 1 fully saturated rings. The van der Waals surface area contributed by atoms with Gasteiger partial charge in [-0.3, -0.25) is 9.59 Å². The zero-order chi connectivity index (χ0) is 20.1. The summed E-state index contributed by atoms with van der Waals surface area (Å²) in [7, 11) is 0. The van der Waals surface area contributed by atoms with Gasteiger partial charge in [-0.2, -0.15) is 0 Å². The summed E-state index contributed by atoms with van der Waals surface area (Å²) in [6.45, 7) is 4.83. The number of halogens is 1. The number of aryl methyl sites for hydroxylation is 1. The highest BCUT2D eigenvalue weighted by molar-refractivity contribution is 5.94. The molecule has 0 saturated carbocycles. The molecule has 7 nitrogen and oxygen atoms in total. The molecule has 1 aliphatic heterocycles. The van der Waals surface area contributed by atoms with Crippen molar-refractivity contribution in [3.05, 3.63) is 47.1 Å². The number of hydrogen-bond donors (Lipinski definition) is 0. The van der Waals surface area contributed by atoms with Crippen molar-refractivity contribution in [2.24, 2.45) is 5.92 Å². The number of nitrogens with zero attached hydrogens (tertiary/aromatic N) is 2. The number of rotatable bonds is 6. The monoisotopic (exact) mass is 390 g/mol. The highest BCUT2D eigenvalue weighted by Gasteiger charge is 2.31. The predicted octanol–water partition coefficient (Wildman–Crippen LogP) is 3.12. The minimum Gasteiger partial charge on any atom is -0.489 e. The van der Waals surface area contributed by atoms with Crippen molar-refractivity contribution < 1.29 is 28.0 Å².